The first-order valence-corrected chi connectivity index (χ1v) is 9.45. The van der Waals surface area contributed by atoms with Crippen molar-refractivity contribution in [3.63, 3.8) is 0 Å². The van der Waals surface area contributed by atoms with E-state index in [1.54, 1.807) is 4.57 Å². The number of aryl methyl sites for hydroxylation is 1. The van der Waals surface area contributed by atoms with Gasteiger partial charge in [-0.05, 0) is 43.2 Å². The van der Waals surface area contributed by atoms with Crippen LogP contribution in [0.2, 0.25) is 0 Å². The molecule has 1 aromatic carbocycles. The van der Waals surface area contributed by atoms with Crippen molar-refractivity contribution in [3.8, 4) is 5.69 Å². The Balaban J connectivity index is 1.68. The van der Waals surface area contributed by atoms with Crippen LogP contribution in [0.25, 0.3) is 5.69 Å². The van der Waals surface area contributed by atoms with E-state index in [4.69, 9.17) is 0 Å². The molecular weight excluding hydrogens is 328 g/mol. The summed E-state index contributed by atoms with van der Waals surface area (Å²) in [6.07, 6.45) is 3.29. The number of nitrogens with zero attached hydrogens (tertiary/aromatic N) is 3. The Morgan fingerprint density at radius 2 is 1.96 bits per heavy atom. The fourth-order valence-electron chi connectivity index (χ4n) is 3.65. The van der Waals surface area contributed by atoms with E-state index >= 15 is 0 Å². The summed E-state index contributed by atoms with van der Waals surface area (Å²) >= 11 is 0. The van der Waals surface area contributed by atoms with Gasteiger partial charge in [0.05, 0.1) is 5.69 Å². The zero-order valence-corrected chi connectivity index (χ0v) is 15.9. The Morgan fingerprint density at radius 3 is 2.62 bits per heavy atom. The van der Waals surface area contributed by atoms with E-state index in [1.807, 2.05) is 36.1 Å². The Hall–Kier alpha value is -2.37. The average Bonchev–Trinajstić information content (AvgIpc) is 2.96. The molecule has 1 aromatic heterocycles. The molecule has 0 saturated carbocycles. The number of piperidine rings is 1. The minimum Gasteiger partial charge on any atom is -0.343 e. The van der Waals surface area contributed by atoms with E-state index in [1.165, 1.54) is 0 Å². The van der Waals surface area contributed by atoms with Gasteiger partial charge in [0, 0.05) is 25.9 Å². The third kappa shape index (κ3) is 4.06. The Kier molecular flexibility index (Phi) is 5.59. The van der Waals surface area contributed by atoms with Gasteiger partial charge in [0.25, 0.3) is 0 Å². The van der Waals surface area contributed by atoms with Gasteiger partial charge in [-0.3, -0.25) is 4.79 Å². The highest BCUT2D eigenvalue weighted by molar-refractivity contribution is 5.76. The van der Waals surface area contributed by atoms with Gasteiger partial charge in [0.1, 0.15) is 5.82 Å². The van der Waals surface area contributed by atoms with Crippen LogP contribution in [-0.2, 0) is 11.2 Å². The van der Waals surface area contributed by atoms with Crippen molar-refractivity contribution in [1.82, 2.24) is 19.7 Å². The number of amides is 1. The highest BCUT2D eigenvalue weighted by Gasteiger charge is 2.25. The summed E-state index contributed by atoms with van der Waals surface area (Å²) in [6, 6.07) is 7.85. The van der Waals surface area contributed by atoms with Gasteiger partial charge < -0.3 is 4.90 Å². The van der Waals surface area contributed by atoms with Crippen LogP contribution < -0.4 is 5.69 Å². The molecule has 140 valence electrons. The predicted molar refractivity (Wildman–Crippen MR) is 101 cm³/mol. The van der Waals surface area contributed by atoms with Crippen molar-refractivity contribution < 1.29 is 4.79 Å². The molecule has 1 aliphatic heterocycles. The molecule has 2 aromatic rings. The van der Waals surface area contributed by atoms with Gasteiger partial charge >= 0.3 is 5.69 Å². The van der Waals surface area contributed by atoms with E-state index in [2.05, 4.69) is 24.0 Å². The molecule has 0 atom stereocenters. The molecular formula is C20H28N4O2. The maximum atomic E-state index is 12.3. The van der Waals surface area contributed by atoms with Gasteiger partial charge in [-0.2, -0.15) is 5.10 Å². The maximum Gasteiger partial charge on any atom is 0.347 e. The molecule has 1 aliphatic rings. The second-order valence-electron chi connectivity index (χ2n) is 7.69. The van der Waals surface area contributed by atoms with Crippen molar-refractivity contribution in [2.75, 3.05) is 13.1 Å². The van der Waals surface area contributed by atoms with Crippen LogP contribution in [0, 0.1) is 18.8 Å². The second kappa shape index (κ2) is 7.89. The Morgan fingerprint density at radius 1 is 1.27 bits per heavy atom. The Labute approximate surface area is 154 Å². The summed E-state index contributed by atoms with van der Waals surface area (Å²) in [5.74, 6) is 1.87. The number of likely N-dealkylation sites (tertiary alicyclic amines) is 1. The molecule has 0 aliphatic carbocycles. The number of benzene rings is 1. The van der Waals surface area contributed by atoms with Crippen LogP contribution >= 0.6 is 0 Å². The zero-order chi connectivity index (χ0) is 18.7. The molecule has 1 N–H and O–H groups in total. The van der Waals surface area contributed by atoms with Crippen LogP contribution in [0.3, 0.4) is 0 Å². The monoisotopic (exact) mass is 356 g/mol. The average molecular weight is 356 g/mol. The van der Waals surface area contributed by atoms with E-state index in [9.17, 15) is 9.59 Å². The highest BCUT2D eigenvalue weighted by Crippen LogP contribution is 2.23. The molecule has 0 bridgehead atoms. The first-order chi connectivity index (χ1) is 12.5. The molecule has 6 heteroatoms. The van der Waals surface area contributed by atoms with Gasteiger partial charge in [-0.15, -0.1) is 0 Å². The van der Waals surface area contributed by atoms with Gasteiger partial charge in [-0.1, -0.05) is 32.0 Å². The van der Waals surface area contributed by atoms with Crippen LogP contribution in [-0.4, -0.2) is 38.7 Å². The lowest BCUT2D eigenvalue weighted by Crippen LogP contribution is -2.39. The number of H-pyrrole nitrogens is 1. The lowest BCUT2D eigenvalue weighted by Gasteiger charge is -2.32. The van der Waals surface area contributed by atoms with Crippen LogP contribution in [0.4, 0.5) is 0 Å². The normalized spacial score (nSPS) is 15.6. The van der Waals surface area contributed by atoms with Gasteiger partial charge in [0.15, 0.2) is 0 Å². The van der Waals surface area contributed by atoms with E-state index in [-0.39, 0.29) is 11.6 Å². The van der Waals surface area contributed by atoms with Crippen LogP contribution in [0.1, 0.15) is 44.5 Å². The summed E-state index contributed by atoms with van der Waals surface area (Å²) in [6.45, 7) is 7.75. The van der Waals surface area contributed by atoms with Crippen molar-refractivity contribution >= 4 is 5.91 Å². The summed E-state index contributed by atoms with van der Waals surface area (Å²) in [4.78, 5) is 26.5. The fourth-order valence-corrected chi connectivity index (χ4v) is 3.65. The third-order valence-electron chi connectivity index (χ3n) is 5.12. The molecule has 1 amide bonds. The second-order valence-corrected chi connectivity index (χ2v) is 7.69. The minimum atomic E-state index is -0.196. The van der Waals surface area contributed by atoms with Crippen LogP contribution in [0.15, 0.2) is 29.1 Å². The standard InChI is InChI=1S/C20H28N4O2/c1-14(2)12-19(25)23-10-8-16(9-11-23)13-18-21-22-20(26)24(18)17-7-5-4-6-15(17)3/h4-7,14,16H,8-13H2,1-3H3,(H,22,26). The number of hydrogen-bond donors (Lipinski definition) is 1. The molecule has 0 radical (unpaired) electrons. The summed E-state index contributed by atoms with van der Waals surface area (Å²) in [7, 11) is 0. The zero-order valence-electron chi connectivity index (χ0n) is 15.9. The predicted octanol–water partition coefficient (Wildman–Crippen LogP) is 2.70. The first-order valence-electron chi connectivity index (χ1n) is 9.45. The minimum absolute atomic E-state index is 0.196. The fraction of sp³-hybridized carbons (Fsp3) is 0.550. The number of para-hydroxylation sites is 1. The number of aromatic nitrogens is 3. The van der Waals surface area contributed by atoms with Crippen LogP contribution in [0.5, 0.6) is 0 Å². The molecule has 2 heterocycles. The van der Waals surface area contributed by atoms with Gasteiger partial charge in [-0.25, -0.2) is 14.5 Å². The molecule has 26 heavy (non-hydrogen) atoms. The smallest absolute Gasteiger partial charge is 0.343 e. The van der Waals surface area contributed by atoms with E-state index in [0.717, 1.165) is 49.4 Å². The lowest BCUT2D eigenvalue weighted by atomic mass is 9.92. The van der Waals surface area contributed by atoms with Crippen molar-refractivity contribution in [1.29, 1.82) is 0 Å². The van der Waals surface area contributed by atoms with E-state index < -0.39 is 0 Å². The largest absolute Gasteiger partial charge is 0.347 e. The lowest BCUT2D eigenvalue weighted by molar-refractivity contribution is -0.133. The molecule has 6 nitrogen and oxygen atoms in total. The van der Waals surface area contributed by atoms with Crippen molar-refractivity contribution in [2.24, 2.45) is 11.8 Å². The molecule has 1 saturated heterocycles. The topological polar surface area (TPSA) is 71.0 Å². The molecule has 3 rings (SSSR count). The van der Waals surface area contributed by atoms with E-state index in [0.29, 0.717) is 18.3 Å². The quantitative estimate of drug-likeness (QED) is 0.895. The number of carbonyl (C=O) groups excluding carboxylic acids is 1. The summed E-state index contributed by atoms with van der Waals surface area (Å²) in [5, 5.41) is 6.86. The summed E-state index contributed by atoms with van der Waals surface area (Å²) < 4.78 is 1.69. The molecule has 0 unspecified atom stereocenters. The number of aromatic amines is 1. The number of nitrogens with one attached hydrogen (secondary N) is 1. The maximum absolute atomic E-state index is 12.3. The SMILES string of the molecule is Cc1ccccc1-n1c(CC2CCN(C(=O)CC(C)C)CC2)n[nH]c1=O. The van der Waals surface area contributed by atoms with Crippen molar-refractivity contribution in [2.45, 2.75) is 46.5 Å². The van der Waals surface area contributed by atoms with Gasteiger partial charge in [0.2, 0.25) is 5.91 Å². The number of rotatable bonds is 5. The third-order valence-corrected chi connectivity index (χ3v) is 5.12. The van der Waals surface area contributed by atoms with Crippen molar-refractivity contribution in [3.05, 3.63) is 46.1 Å². The summed E-state index contributed by atoms with van der Waals surface area (Å²) in [5.41, 5.74) is 1.73. The number of hydrogen-bond acceptors (Lipinski definition) is 3. The molecule has 0 spiro atoms. The first kappa shape index (κ1) is 18.4. The number of carbonyl (C=O) groups is 1. The highest BCUT2D eigenvalue weighted by atomic mass is 16.2. The Bertz CT molecular complexity index is 813. The molecule has 1 fully saturated rings.